The van der Waals surface area contributed by atoms with Crippen molar-refractivity contribution in [2.75, 3.05) is 5.43 Å². The van der Waals surface area contributed by atoms with Crippen molar-refractivity contribution >= 4 is 12.0 Å². The van der Waals surface area contributed by atoms with Crippen LogP contribution in [-0.4, -0.2) is 6.29 Å². The lowest BCUT2D eigenvalue weighted by molar-refractivity contribution is 0.112. The van der Waals surface area contributed by atoms with Crippen LogP contribution in [0.4, 0.5) is 5.69 Å². The van der Waals surface area contributed by atoms with Gasteiger partial charge >= 0.3 is 0 Å². The first-order valence-corrected chi connectivity index (χ1v) is 3.30. The van der Waals surface area contributed by atoms with Crippen LogP contribution in [0.2, 0.25) is 0 Å². The van der Waals surface area contributed by atoms with Crippen LogP contribution in [0.3, 0.4) is 0 Å². The highest BCUT2D eigenvalue weighted by Gasteiger charge is 1.96. The predicted octanol–water partition coefficient (Wildman–Crippen LogP) is 1.09. The van der Waals surface area contributed by atoms with Crippen LogP contribution in [0, 0.1) is 6.92 Å². The fourth-order valence-corrected chi connectivity index (χ4v) is 0.868. The van der Waals surface area contributed by atoms with Gasteiger partial charge in [-0.3, -0.25) is 10.6 Å². The fourth-order valence-electron chi connectivity index (χ4n) is 0.868. The Morgan fingerprint density at radius 1 is 1.55 bits per heavy atom. The molecule has 3 N–H and O–H groups in total. The lowest BCUT2D eigenvalue weighted by Crippen LogP contribution is -2.08. The van der Waals surface area contributed by atoms with Crippen LogP contribution in [0.25, 0.3) is 0 Å². The maximum Gasteiger partial charge on any atom is 0.150 e. The number of anilines is 1. The molecule has 1 rings (SSSR count). The van der Waals surface area contributed by atoms with Crippen LogP contribution >= 0.6 is 0 Å². The average molecular weight is 150 g/mol. The number of nitrogens with one attached hydrogen (secondary N) is 1. The summed E-state index contributed by atoms with van der Waals surface area (Å²) in [6.45, 7) is 1.92. The van der Waals surface area contributed by atoms with Gasteiger partial charge in [-0.15, -0.1) is 0 Å². The number of nitrogens with two attached hydrogens (primary N) is 1. The van der Waals surface area contributed by atoms with Gasteiger partial charge in [-0.1, -0.05) is 12.1 Å². The zero-order valence-electron chi connectivity index (χ0n) is 6.29. The van der Waals surface area contributed by atoms with Gasteiger partial charge in [0, 0.05) is 5.56 Å². The van der Waals surface area contributed by atoms with Gasteiger partial charge in [-0.05, 0) is 18.6 Å². The van der Waals surface area contributed by atoms with Gasteiger partial charge in [0.05, 0.1) is 5.69 Å². The van der Waals surface area contributed by atoms with Crippen LogP contribution in [0.5, 0.6) is 0 Å². The van der Waals surface area contributed by atoms with E-state index in [1.165, 1.54) is 0 Å². The molecule has 11 heavy (non-hydrogen) atoms. The molecule has 0 aliphatic rings. The molecule has 0 saturated heterocycles. The number of rotatable bonds is 2. The van der Waals surface area contributed by atoms with Crippen LogP contribution in [-0.2, 0) is 0 Å². The summed E-state index contributed by atoms with van der Waals surface area (Å²) in [4.78, 5) is 10.3. The molecule has 3 nitrogen and oxygen atoms in total. The van der Waals surface area contributed by atoms with Crippen molar-refractivity contribution in [3.8, 4) is 0 Å². The molecule has 0 spiro atoms. The van der Waals surface area contributed by atoms with Crippen molar-refractivity contribution in [1.29, 1.82) is 0 Å². The Morgan fingerprint density at radius 2 is 2.27 bits per heavy atom. The molecule has 1 aromatic rings. The number of carbonyl (C=O) groups is 1. The van der Waals surface area contributed by atoms with E-state index < -0.39 is 0 Å². The van der Waals surface area contributed by atoms with Crippen molar-refractivity contribution in [3.05, 3.63) is 29.3 Å². The van der Waals surface area contributed by atoms with Gasteiger partial charge in [0.2, 0.25) is 0 Å². The topological polar surface area (TPSA) is 55.1 Å². The van der Waals surface area contributed by atoms with E-state index in [0.29, 0.717) is 5.56 Å². The van der Waals surface area contributed by atoms with Crippen molar-refractivity contribution in [1.82, 2.24) is 0 Å². The minimum absolute atomic E-state index is 0.628. The predicted molar refractivity (Wildman–Crippen MR) is 44.4 cm³/mol. The van der Waals surface area contributed by atoms with Crippen molar-refractivity contribution in [2.24, 2.45) is 5.84 Å². The molecule has 0 aliphatic heterocycles. The first-order chi connectivity index (χ1) is 5.27. The lowest BCUT2D eigenvalue weighted by atomic mass is 10.1. The molecule has 3 heteroatoms. The van der Waals surface area contributed by atoms with Crippen LogP contribution < -0.4 is 11.3 Å². The summed E-state index contributed by atoms with van der Waals surface area (Å²) in [6, 6.07) is 5.31. The molecule has 58 valence electrons. The summed E-state index contributed by atoms with van der Waals surface area (Å²) in [7, 11) is 0. The second-order valence-corrected chi connectivity index (χ2v) is 2.34. The van der Waals surface area contributed by atoms with Crippen molar-refractivity contribution in [3.63, 3.8) is 0 Å². The molecule has 0 bridgehead atoms. The molecule has 1 aromatic carbocycles. The molecule has 0 heterocycles. The minimum atomic E-state index is 0.628. The summed E-state index contributed by atoms with van der Waals surface area (Å²) in [5.74, 6) is 5.21. The van der Waals surface area contributed by atoms with E-state index in [4.69, 9.17) is 5.84 Å². The Balaban J connectivity index is 3.12. The first-order valence-electron chi connectivity index (χ1n) is 3.30. The summed E-state index contributed by atoms with van der Waals surface area (Å²) in [5.41, 5.74) is 4.95. The Hall–Kier alpha value is -1.35. The lowest BCUT2D eigenvalue weighted by Gasteiger charge is -2.03. The Bertz CT molecular complexity index is 271. The van der Waals surface area contributed by atoms with Crippen molar-refractivity contribution in [2.45, 2.75) is 6.92 Å². The van der Waals surface area contributed by atoms with E-state index in [-0.39, 0.29) is 0 Å². The van der Waals surface area contributed by atoms with Gasteiger partial charge in [-0.2, -0.15) is 0 Å². The summed E-state index contributed by atoms with van der Waals surface area (Å²) in [5, 5.41) is 0. The largest absolute Gasteiger partial charge is 0.324 e. The Morgan fingerprint density at radius 3 is 2.82 bits per heavy atom. The maximum absolute atomic E-state index is 10.3. The standard InChI is InChI=1S/C8H10N2O/c1-6-2-3-7(5-11)4-8(6)10-9/h2-5,10H,9H2,1H3. The third-order valence-electron chi connectivity index (χ3n) is 1.55. The second-order valence-electron chi connectivity index (χ2n) is 2.34. The summed E-state index contributed by atoms with van der Waals surface area (Å²) >= 11 is 0. The van der Waals surface area contributed by atoms with Crippen molar-refractivity contribution < 1.29 is 4.79 Å². The molecular weight excluding hydrogens is 140 g/mol. The minimum Gasteiger partial charge on any atom is -0.324 e. The van der Waals surface area contributed by atoms with Gasteiger partial charge in [0.25, 0.3) is 0 Å². The monoisotopic (exact) mass is 150 g/mol. The van der Waals surface area contributed by atoms with E-state index in [1.807, 2.05) is 13.0 Å². The number of aryl methyl sites for hydroxylation is 1. The third kappa shape index (κ3) is 1.56. The summed E-state index contributed by atoms with van der Waals surface area (Å²) < 4.78 is 0. The van der Waals surface area contributed by atoms with Gasteiger partial charge in [0.1, 0.15) is 6.29 Å². The van der Waals surface area contributed by atoms with Gasteiger partial charge in [0.15, 0.2) is 0 Å². The maximum atomic E-state index is 10.3. The quantitative estimate of drug-likeness (QED) is 0.377. The number of hydrogen-bond acceptors (Lipinski definition) is 3. The first kappa shape index (κ1) is 7.75. The number of nitrogen functional groups attached to an aromatic ring is 1. The number of aldehydes is 1. The third-order valence-corrected chi connectivity index (χ3v) is 1.55. The van der Waals surface area contributed by atoms with Crippen LogP contribution in [0.15, 0.2) is 18.2 Å². The molecule has 0 aromatic heterocycles. The smallest absolute Gasteiger partial charge is 0.150 e. The van der Waals surface area contributed by atoms with E-state index >= 15 is 0 Å². The van der Waals surface area contributed by atoms with Crippen LogP contribution in [0.1, 0.15) is 15.9 Å². The SMILES string of the molecule is Cc1ccc(C=O)cc1NN. The zero-order chi connectivity index (χ0) is 8.27. The molecule has 0 saturated carbocycles. The summed E-state index contributed by atoms with van der Waals surface area (Å²) in [6.07, 6.45) is 0.792. The van der Waals surface area contributed by atoms with Gasteiger partial charge < -0.3 is 5.43 Å². The molecule has 0 amide bonds. The number of hydrazine groups is 1. The van der Waals surface area contributed by atoms with E-state index in [0.717, 1.165) is 17.5 Å². The molecule has 0 atom stereocenters. The fraction of sp³-hybridized carbons (Fsp3) is 0.125. The molecule has 0 fully saturated rings. The number of benzene rings is 1. The highest BCUT2D eigenvalue weighted by molar-refractivity contribution is 5.77. The second kappa shape index (κ2) is 3.16. The number of hydrogen-bond donors (Lipinski definition) is 2. The van der Waals surface area contributed by atoms with Gasteiger partial charge in [-0.25, -0.2) is 0 Å². The van der Waals surface area contributed by atoms with E-state index in [1.54, 1.807) is 12.1 Å². The molecule has 0 unspecified atom stereocenters. The molecular formula is C8H10N2O. The zero-order valence-corrected chi connectivity index (χ0v) is 6.29. The highest BCUT2D eigenvalue weighted by Crippen LogP contribution is 2.13. The van der Waals surface area contributed by atoms with E-state index in [2.05, 4.69) is 5.43 Å². The molecule has 0 radical (unpaired) electrons. The molecule has 0 aliphatic carbocycles. The van der Waals surface area contributed by atoms with E-state index in [9.17, 15) is 4.79 Å². The average Bonchev–Trinajstić information content (AvgIpc) is 2.05. The Labute approximate surface area is 65.2 Å². The number of carbonyl (C=O) groups excluding carboxylic acids is 1. The highest BCUT2D eigenvalue weighted by atomic mass is 16.1. The normalized spacial score (nSPS) is 9.27. The Kier molecular flexibility index (Phi) is 2.23.